The van der Waals surface area contributed by atoms with E-state index in [4.69, 9.17) is 0 Å². The summed E-state index contributed by atoms with van der Waals surface area (Å²) in [6.07, 6.45) is -10.00. The van der Waals surface area contributed by atoms with Crippen molar-refractivity contribution in [1.29, 1.82) is 0 Å². The molecule has 12 heteroatoms. The first-order valence-electron chi connectivity index (χ1n) is 6.77. The molecule has 0 bridgehead atoms. The SMILES string of the molecule is FC(F)(F)Oc1ccc([S+](c2ccc(OC(F)(F)F)cc2)C(F)(F)F)cc1. The van der Waals surface area contributed by atoms with Gasteiger partial charge in [0.1, 0.15) is 11.5 Å². The number of rotatable bonds is 4. The Labute approximate surface area is 148 Å². The molecule has 0 spiro atoms. The minimum Gasteiger partial charge on any atom is -0.406 e. The fourth-order valence-electron chi connectivity index (χ4n) is 1.96. The molecule has 0 atom stereocenters. The van der Waals surface area contributed by atoms with Gasteiger partial charge in [-0.25, -0.2) is 0 Å². The standard InChI is InChI=1S/C15H8F9O2S/c16-13(17,18)25-9-1-5-11(6-2-9)27(15(22,23)24)12-7-3-10(4-8-12)26-14(19,20)21/h1-8H/q+1. The van der Waals surface area contributed by atoms with Crippen LogP contribution >= 0.6 is 0 Å². The largest absolute Gasteiger partial charge is 0.586 e. The van der Waals surface area contributed by atoms with Crippen LogP contribution in [-0.4, -0.2) is 18.2 Å². The molecule has 2 aromatic carbocycles. The molecule has 2 aromatic rings. The van der Waals surface area contributed by atoms with Crippen LogP contribution in [0.1, 0.15) is 0 Å². The van der Waals surface area contributed by atoms with Crippen LogP contribution in [0.5, 0.6) is 11.5 Å². The Bertz CT molecular complexity index is 690. The molecular formula is C15H8F9O2S+. The minimum atomic E-state index is -5.00. The van der Waals surface area contributed by atoms with Crippen molar-refractivity contribution in [2.45, 2.75) is 28.0 Å². The lowest BCUT2D eigenvalue weighted by molar-refractivity contribution is -0.275. The third-order valence-corrected chi connectivity index (χ3v) is 4.77. The first kappa shape index (κ1) is 21.1. The number of hydrogen-bond donors (Lipinski definition) is 0. The fourth-order valence-corrected chi connectivity index (χ4v) is 3.58. The number of alkyl halides is 9. The Kier molecular flexibility index (Phi) is 5.78. The molecule has 148 valence electrons. The quantitative estimate of drug-likeness (QED) is 0.441. The van der Waals surface area contributed by atoms with Crippen molar-refractivity contribution in [2.75, 3.05) is 0 Å². The maximum Gasteiger partial charge on any atom is 0.586 e. The van der Waals surface area contributed by atoms with Gasteiger partial charge in [-0.2, -0.15) is 0 Å². The van der Waals surface area contributed by atoms with Crippen LogP contribution in [0.4, 0.5) is 39.5 Å². The van der Waals surface area contributed by atoms with Gasteiger partial charge in [-0.1, -0.05) is 0 Å². The smallest absolute Gasteiger partial charge is 0.406 e. The Morgan fingerprint density at radius 3 is 1.04 bits per heavy atom. The van der Waals surface area contributed by atoms with Gasteiger partial charge in [0.25, 0.3) is 0 Å². The summed E-state index contributed by atoms with van der Waals surface area (Å²) in [5.41, 5.74) is -4.82. The summed E-state index contributed by atoms with van der Waals surface area (Å²) in [5.74, 6) is -1.41. The van der Waals surface area contributed by atoms with E-state index in [-0.39, 0.29) is 9.79 Å². The molecule has 0 heterocycles. The van der Waals surface area contributed by atoms with Gasteiger partial charge in [0.05, 0.1) is 0 Å². The van der Waals surface area contributed by atoms with E-state index in [1.807, 2.05) is 0 Å². The second-order valence-electron chi connectivity index (χ2n) is 4.79. The molecule has 0 radical (unpaired) electrons. The van der Waals surface area contributed by atoms with Crippen molar-refractivity contribution in [3.8, 4) is 11.5 Å². The van der Waals surface area contributed by atoms with Gasteiger partial charge in [-0.3, -0.25) is 0 Å². The summed E-state index contributed by atoms with van der Waals surface area (Å²) in [6, 6.07) is 6.09. The number of benzene rings is 2. The third-order valence-electron chi connectivity index (χ3n) is 2.82. The zero-order chi connectivity index (χ0) is 20.5. The fraction of sp³-hybridized carbons (Fsp3) is 0.200. The molecule has 0 aliphatic rings. The van der Waals surface area contributed by atoms with Gasteiger partial charge in [0, 0.05) is 0 Å². The molecule has 0 aromatic heterocycles. The minimum absolute atomic E-state index is 0.387. The molecule has 27 heavy (non-hydrogen) atoms. The summed E-state index contributed by atoms with van der Waals surface area (Å²) in [6.45, 7) is 0. The molecule has 0 saturated carbocycles. The van der Waals surface area contributed by atoms with Crippen molar-refractivity contribution in [2.24, 2.45) is 0 Å². The molecule has 0 aliphatic carbocycles. The highest BCUT2D eigenvalue weighted by atomic mass is 32.2. The molecule has 0 unspecified atom stereocenters. The Morgan fingerprint density at radius 2 is 0.815 bits per heavy atom. The molecule has 0 fully saturated rings. The van der Waals surface area contributed by atoms with Gasteiger partial charge in [-0.05, 0) is 48.5 Å². The maximum atomic E-state index is 13.4. The monoisotopic (exact) mass is 423 g/mol. The van der Waals surface area contributed by atoms with E-state index in [1.165, 1.54) is 0 Å². The second kappa shape index (κ2) is 7.41. The summed E-state index contributed by atoms with van der Waals surface area (Å²) in [4.78, 5) is -0.775. The van der Waals surface area contributed by atoms with Gasteiger partial charge < -0.3 is 9.47 Å². The lowest BCUT2D eigenvalue weighted by Gasteiger charge is -2.13. The molecule has 0 saturated heterocycles. The van der Waals surface area contributed by atoms with Crippen LogP contribution in [0.25, 0.3) is 0 Å². The molecule has 0 N–H and O–H groups in total. The molecular weight excluding hydrogens is 415 g/mol. The lowest BCUT2D eigenvalue weighted by atomic mass is 10.3. The van der Waals surface area contributed by atoms with E-state index < -0.39 is 40.6 Å². The predicted molar refractivity (Wildman–Crippen MR) is 76.2 cm³/mol. The highest BCUT2D eigenvalue weighted by molar-refractivity contribution is 7.97. The summed E-state index contributed by atoms with van der Waals surface area (Å²) in [5, 5.41) is 0. The molecule has 0 aliphatic heterocycles. The maximum absolute atomic E-state index is 13.4. The number of hydrogen-bond acceptors (Lipinski definition) is 2. The van der Waals surface area contributed by atoms with Crippen LogP contribution in [0.3, 0.4) is 0 Å². The average molecular weight is 423 g/mol. The van der Waals surface area contributed by atoms with Crippen molar-refractivity contribution in [3.63, 3.8) is 0 Å². The summed E-state index contributed by atoms with van der Waals surface area (Å²) < 4.78 is 120. The highest BCUT2D eigenvalue weighted by Gasteiger charge is 2.54. The van der Waals surface area contributed by atoms with Gasteiger partial charge in [-0.15, -0.1) is 39.5 Å². The Balaban J connectivity index is 2.31. The van der Waals surface area contributed by atoms with Crippen molar-refractivity contribution >= 4 is 10.9 Å². The van der Waals surface area contributed by atoms with Crippen molar-refractivity contribution in [1.82, 2.24) is 0 Å². The molecule has 0 amide bonds. The van der Waals surface area contributed by atoms with E-state index >= 15 is 0 Å². The van der Waals surface area contributed by atoms with E-state index in [2.05, 4.69) is 9.47 Å². The summed E-state index contributed by atoms with van der Waals surface area (Å²) in [7, 11) is -2.60. The van der Waals surface area contributed by atoms with E-state index in [0.29, 0.717) is 0 Å². The topological polar surface area (TPSA) is 18.5 Å². The first-order chi connectivity index (χ1) is 12.2. The number of ether oxygens (including phenoxy) is 2. The lowest BCUT2D eigenvalue weighted by Crippen LogP contribution is -2.24. The molecule has 2 rings (SSSR count). The van der Waals surface area contributed by atoms with Crippen LogP contribution in [0.15, 0.2) is 58.3 Å². The van der Waals surface area contributed by atoms with E-state index in [0.717, 1.165) is 48.5 Å². The average Bonchev–Trinajstić information content (AvgIpc) is 2.47. The Morgan fingerprint density at radius 1 is 0.519 bits per heavy atom. The van der Waals surface area contributed by atoms with Crippen molar-refractivity contribution in [3.05, 3.63) is 48.5 Å². The first-order valence-corrected chi connectivity index (χ1v) is 8.00. The zero-order valence-corrected chi connectivity index (χ0v) is 13.6. The number of halogens is 9. The highest BCUT2D eigenvalue weighted by Crippen LogP contribution is 2.40. The Hall–Kier alpha value is -2.24. The van der Waals surface area contributed by atoms with Crippen LogP contribution in [0, 0.1) is 0 Å². The second-order valence-corrected chi connectivity index (χ2v) is 6.81. The van der Waals surface area contributed by atoms with Gasteiger partial charge >= 0.3 is 18.2 Å². The van der Waals surface area contributed by atoms with Gasteiger partial charge in [0.2, 0.25) is 0 Å². The van der Waals surface area contributed by atoms with Crippen LogP contribution < -0.4 is 9.47 Å². The third kappa shape index (κ3) is 6.45. The van der Waals surface area contributed by atoms with E-state index in [1.54, 1.807) is 0 Å². The summed E-state index contributed by atoms with van der Waals surface area (Å²) >= 11 is 0. The van der Waals surface area contributed by atoms with Crippen LogP contribution in [0.2, 0.25) is 0 Å². The predicted octanol–water partition coefficient (Wildman–Crippen LogP) is 6.04. The van der Waals surface area contributed by atoms with E-state index in [9.17, 15) is 39.5 Å². The zero-order valence-electron chi connectivity index (χ0n) is 12.7. The normalized spacial score (nSPS) is 13.0. The van der Waals surface area contributed by atoms with Gasteiger partial charge in [0.15, 0.2) is 20.7 Å². The molecule has 2 nitrogen and oxygen atoms in total. The van der Waals surface area contributed by atoms with Crippen LogP contribution in [-0.2, 0) is 10.9 Å². The van der Waals surface area contributed by atoms with Crippen molar-refractivity contribution < 1.29 is 49.0 Å².